The Morgan fingerprint density at radius 2 is 1.66 bits per heavy atom. The Morgan fingerprint density at radius 1 is 1.03 bits per heavy atom. The summed E-state index contributed by atoms with van der Waals surface area (Å²) in [6, 6.07) is 17.8. The van der Waals surface area contributed by atoms with Gasteiger partial charge < -0.3 is 25.7 Å². The Hall–Kier alpha value is -4.44. The van der Waals surface area contributed by atoms with E-state index in [1.165, 1.54) is 11.3 Å². The van der Waals surface area contributed by atoms with Gasteiger partial charge in [-0.05, 0) is 74.0 Å². The normalized spacial score (nSPS) is 12.1. The fourth-order valence-corrected chi connectivity index (χ4v) is 4.49. The van der Waals surface area contributed by atoms with Gasteiger partial charge in [0.05, 0.1) is 5.01 Å². The molecule has 2 aromatic heterocycles. The van der Waals surface area contributed by atoms with Crippen LogP contribution in [0.2, 0.25) is 0 Å². The van der Waals surface area contributed by atoms with E-state index in [1.807, 2.05) is 31.2 Å². The molecule has 0 saturated heterocycles. The summed E-state index contributed by atoms with van der Waals surface area (Å²) in [5, 5.41) is 16.3. The zero-order chi connectivity index (χ0) is 26.9. The summed E-state index contributed by atoms with van der Waals surface area (Å²) in [7, 11) is 0. The summed E-state index contributed by atoms with van der Waals surface area (Å²) in [5.41, 5.74) is 8.31. The van der Waals surface area contributed by atoms with E-state index in [9.17, 15) is 4.79 Å². The molecule has 0 saturated carbocycles. The third kappa shape index (κ3) is 6.86. The number of carbonyl (C=O) groups excluding carboxylic acids is 1. The summed E-state index contributed by atoms with van der Waals surface area (Å²) in [5.74, 6) is 1.08. The number of oxime groups is 1. The van der Waals surface area contributed by atoms with Crippen LogP contribution in [-0.4, -0.2) is 33.2 Å². The van der Waals surface area contributed by atoms with Gasteiger partial charge in [0.15, 0.2) is 5.84 Å². The number of rotatable bonds is 11. The average Bonchev–Trinajstić information content (AvgIpc) is 3.32. The first-order valence-electron chi connectivity index (χ1n) is 12.2. The molecule has 9 nitrogen and oxygen atoms in total. The van der Waals surface area contributed by atoms with Gasteiger partial charge >= 0.3 is 0 Å². The molecule has 0 fully saturated rings. The van der Waals surface area contributed by atoms with E-state index in [0.717, 1.165) is 23.4 Å². The SMILES string of the molecule is CCCCC(Oc1ccc(C(N)=NO)cc1)Oc1ccc(-c2nc(C)sc2NC(=O)c2ccncc2)cc1. The van der Waals surface area contributed by atoms with Crippen LogP contribution in [-0.2, 0) is 0 Å². The van der Waals surface area contributed by atoms with Crippen molar-refractivity contribution >= 4 is 28.1 Å². The third-order valence-corrected chi connectivity index (χ3v) is 6.50. The summed E-state index contributed by atoms with van der Waals surface area (Å²) >= 11 is 1.42. The summed E-state index contributed by atoms with van der Waals surface area (Å²) in [6.07, 6.45) is 5.32. The largest absolute Gasteiger partial charge is 0.455 e. The van der Waals surface area contributed by atoms with E-state index in [2.05, 4.69) is 27.4 Å². The highest BCUT2D eigenvalue weighted by molar-refractivity contribution is 7.16. The van der Waals surface area contributed by atoms with Crippen molar-refractivity contribution in [3.05, 3.63) is 89.2 Å². The smallest absolute Gasteiger partial charge is 0.256 e. The predicted octanol–water partition coefficient (Wildman–Crippen LogP) is 5.83. The van der Waals surface area contributed by atoms with Crippen LogP contribution in [0.1, 0.15) is 47.1 Å². The maximum absolute atomic E-state index is 12.7. The molecule has 1 atom stereocenters. The van der Waals surface area contributed by atoms with Gasteiger partial charge in [-0.25, -0.2) is 4.98 Å². The van der Waals surface area contributed by atoms with E-state index in [0.29, 0.717) is 39.7 Å². The topological polar surface area (TPSA) is 132 Å². The zero-order valence-corrected chi connectivity index (χ0v) is 21.9. The standard InChI is InChI=1S/C28H29N5O4S/c1-3-4-5-24(37-23-12-8-20(9-13-23)26(29)33-35)36-22-10-6-19(7-11-22)25-28(38-18(2)31-25)32-27(34)21-14-16-30-17-15-21/h6-17,24,35H,3-5H2,1-2H3,(H2,29,33)(H,32,34). The highest BCUT2D eigenvalue weighted by Crippen LogP contribution is 2.34. The fraction of sp³-hybridized carbons (Fsp3) is 0.214. The van der Waals surface area contributed by atoms with Crippen molar-refractivity contribution in [2.45, 2.75) is 39.4 Å². The van der Waals surface area contributed by atoms with Crippen molar-refractivity contribution in [1.29, 1.82) is 0 Å². The number of nitrogens with two attached hydrogens (primary N) is 1. The molecule has 38 heavy (non-hydrogen) atoms. The maximum atomic E-state index is 12.7. The molecule has 0 aliphatic rings. The first kappa shape index (κ1) is 26.6. The molecule has 0 aliphatic carbocycles. The second-order valence-electron chi connectivity index (χ2n) is 8.44. The van der Waals surface area contributed by atoms with Crippen LogP contribution in [0.5, 0.6) is 11.5 Å². The lowest BCUT2D eigenvalue weighted by Gasteiger charge is -2.21. The molecule has 0 bridgehead atoms. The first-order valence-corrected chi connectivity index (χ1v) is 13.0. The van der Waals surface area contributed by atoms with E-state index < -0.39 is 6.29 Å². The Labute approximate surface area is 225 Å². The van der Waals surface area contributed by atoms with Crippen molar-refractivity contribution in [3.8, 4) is 22.8 Å². The fourth-order valence-electron chi connectivity index (χ4n) is 3.66. The van der Waals surface area contributed by atoms with E-state index >= 15 is 0 Å². The number of hydrogen-bond acceptors (Lipinski definition) is 8. The average molecular weight is 532 g/mol. The quantitative estimate of drug-likeness (QED) is 0.0729. The van der Waals surface area contributed by atoms with Gasteiger partial charge in [0, 0.05) is 35.5 Å². The highest BCUT2D eigenvalue weighted by atomic mass is 32.1. The number of hydrogen-bond donors (Lipinski definition) is 3. The number of nitrogens with one attached hydrogen (secondary N) is 1. The van der Waals surface area contributed by atoms with Crippen LogP contribution in [0.25, 0.3) is 11.3 Å². The van der Waals surface area contributed by atoms with Gasteiger partial charge in [0.2, 0.25) is 6.29 Å². The Bertz CT molecular complexity index is 1370. The molecule has 2 heterocycles. The minimum absolute atomic E-state index is 0.0332. The number of amidine groups is 1. The van der Waals surface area contributed by atoms with Gasteiger partial charge in [-0.15, -0.1) is 11.3 Å². The number of thiazole rings is 1. The van der Waals surface area contributed by atoms with Crippen LogP contribution in [0.15, 0.2) is 78.2 Å². The zero-order valence-electron chi connectivity index (χ0n) is 21.1. The molecule has 2 aromatic carbocycles. The van der Waals surface area contributed by atoms with Crippen molar-refractivity contribution in [3.63, 3.8) is 0 Å². The molecular weight excluding hydrogens is 502 g/mol. The van der Waals surface area contributed by atoms with Gasteiger partial charge in [-0.1, -0.05) is 18.5 Å². The molecule has 4 aromatic rings. The number of nitrogens with zero attached hydrogens (tertiary/aromatic N) is 3. The van der Waals surface area contributed by atoms with Gasteiger partial charge in [0.1, 0.15) is 22.2 Å². The lowest BCUT2D eigenvalue weighted by Crippen LogP contribution is -2.24. The summed E-state index contributed by atoms with van der Waals surface area (Å²) in [4.78, 5) is 21.3. The molecule has 10 heteroatoms. The molecule has 0 spiro atoms. The maximum Gasteiger partial charge on any atom is 0.256 e. The van der Waals surface area contributed by atoms with Gasteiger partial charge in [-0.3, -0.25) is 9.78 Å². The van der Waals surface area contributed by atoms with Crippen LogP contribution >= 0.6 is 11.3 Å². The molecular formula is C28H29N5O4S. The van der Waals surface area contributed by atoms with Gasteiger partial charge in [-0.2, -0.15) is 0 Å². The Morgan fingerprint density at radius 3 is 2.26 bits per heavy atom. The number of pyridine rings is 1. The molecule has 1 amide bonds. The minimum Gasteiger partial charge on any atom is -0.455 e. The second-order valence-corrected chi connectivity index (χ2v) is 9.65. The van der Waals surface area contributed by atoms with E-state index in [4.69, 9.17) is 20.4 Å². The highest BCUT2D eigenvalue weighted by Gasteiger charge is 2.17. The van der Waals surface area contributed by atoms with Crippen molar-refractivity contribution in [2.75, 3.05) is 5.32 Å². The van der Waals surface area contributed by atoms with Crippen LogP contribution in [0.4, 0.5) is 5.00 Å². The van der Waals surface area contributed by atoms with Crippen molar-refractivity contribution in [1.82, 2.24) is 9.97 Å². The number of aryl methyl sites for hydroxylation is 1. The molecule has 1 unspecified atom stereocenters. The number of anilines is 1. The minimum atomic E-state index is -0.493. The number of amides is 1. The number of unbranched alkanes of at least 4 members (excludes halogenated alkanes) is 1. The van der Waals surface area contributed by atoms with E-state index in [1.54, 1.807) is 48.8 Å². The van der Waals surface area contributed by atoms with Crippen molar-refractivity contribution in [2.24, 2.45) is 10.9 Å². The Balaban J connectivity index is 1.46. The van der Waals surface area contributed by atoms with Gasteiger partial charge in [0.25, 0.3) is 5.91 Å². The van der Waals surface area contributed by atoms with Crippen molar-refractivity contribution < 1.29 is 19.5 Å². The molecule has 4 N–H and O–H groups in total. The predicted molar refractivity (Wildman–Crippen MR) is 148 cm³/mol. The molecule has 0 radical (unpaired) electrons. The molecule has 0 aliphatic heterocycles. The number of aromatic nitrogens is 2. The van der Waals surface area contributed by atoms with E-state index in [-0.39, 0.29) is 11.7 Å². The van der Waals surface area contributed by atoms with Crippen LogP contribution < -0.4 is 20.5 Å². The third-order valence-electron chi connectivity index (χ3n) is 5.62. The second kappa shape index (κ2) is 12.7. The monoisotopic (exact) mass is 531 g/mol. The number of benzene rings is 2. The Kier molecular flexibility index (Phi) is 8.89. The molecule has 196 valence electrons. The first-order chi connectivity index (χ1) is 18.5. The number of carbonyl (C=O) groups is 1. The lowest BCUT2D eigenvalue weighted by molar-refractivity contribution is -0.00211. The van der Waals surface area contributed by atoms with Crippen LogP contribution in [0, 0.1) is 6.92 Å². The molecule has 4 rings (SSSR count). The summed E-state index contributed by atoms with van der Waals surface area (Å²) in [6.45, 7) is 4.01. The summed E-state index contributed by atoms with van der Waals surface area (Å²) < 4.78 is 12.2. The number of ether oxygens (including phenoxy) is 2. The lowest BCUT2D eigenvalue weighted by atomic mass is 10.1. The van der Waals surface area contributed by atoms with Crippen LogP contribution in [0.3, 0.4) is 0 Å².